The summed E-state index contributed by atoms with van der Waals surface area (Å²) in [5.41, 5.74) is 18.1. The van der Waals surface area contributed by atoms with Crippen molar-refractivity contribution in [1.29, 1.82) is 0 Å². The number of aromatic nitrogens is 4. The van der Waals surface area contributed by atoms with Gasteiger partial charge in [-0.2, -0.15) is 0 Å². The standard InChI is InChI=1S/C68H44N4O/c1-43-37-45(68(73)44-17-3-2-4-18-44)31-34-51(43)46-38-49(71-64-29-15-9-23-56(64)58-41-47(32-35-66(58)71)69-60-25-11-5-19-52(60)53-20-6-12-26-61(53)69)40-50(39-46)72-65-30-16-10-24-57(65)59-42-48(33-36-67(59)72)70-62-27-13-7-21-54(62)55-22-8-14-28-63(55)70/h2-42H,1H3. The summed E-state index contributed by atoms with van der Waals surface area (Å²) < 4.78 is 9.67. The van der Waals surface area contributed by atoms with E-state index in [-0.39, 0.29) is 5.78 Å². The fourth-order valence-corrected chi connectivity index (χ4v) is 12.1. The molecule has 4 aromatic heterocycles. The Hall–Kier alpha value is -9.71. The molecule has 342 valence electrons. The Morgan fingerprint density at radius 1 is 0.274 bits per heavy atom. The van der Waals surface area contributed by atoms with Gasteiger partial charge in [-0.1, -0.05) is 152 Å². The van der Waals surface area contributed by atoms with E-state index >= 15 is 0 Å². The Morgan fingerprint density at radius 3 is 1.01 bits per heavy atom. The summed E-state index contributed by atoms with van der Waals surface area (Å²) in [6, 6.07) is 89.0. The number of nitrogens with zero attached hydrogens (tertiary/aromatic N) is 4. The minimum Gasteiger partial charge on any atom is -0.309 e. The molecule has 0 fully saturated rings. The van der Waals surface area contributed by atoms with Gasteiger partial charge in [0.25, 0.3) is 0 Å². The number of para-hydroxylation sites is 6. The average molecular weight is 933 g/mol. The maximum Gasteiger partial charge on any atom is 0.193 e. The van der Waals surface area contributed by atoms with E-state index in [1.165, 1.54) is 65.2 Å². The van der Waals surface area contributed by atoms with Crippen molar-refractivity contribution < 1.29 is 4.79 Å². The fourth-order valence-electron chi connectivity index (χ4n) is 12.1. The largest absolute Gasteiger partial charge is 0.309 e. The summed E-state index contributed by atoms with van der Waals surface area (Å²) in [6.45, 7) is 2.12. The maximum absolute atomic E-state index is 13.8. The van der Waals surface area contributed by atoms with Crippen molar-refractivity contribution >= 4 is 93.0 Å². The minimum atomic E-state index is 0.0146. The second kappa shape index (κ2) is 15.9. The first-order valence-corrected chi connectivity index (χ1v) is 25.0. The topological polar surface area (TPSA) is 36.8 Å². The van der Waals surface area contributed by atoms with Crippen molar-refractivity contribution in [3.8, 4) is 33.9 Å². The van der Waals surface area contributed by atoms with Gasteiger partial charge in [0.15, 0.2) is 5.78 Å². The van der Waals surface area contributed by atoms with Crippen LogP contribution >= 0.6 is 0 Å². The highest BCUT2D eigenvalue weighted by Crippen LogP contribution is 2.42. The zero-order valence-electron chi connectivity index (χ0n) is 39.9. The Morgan fingerprint density at radius 2 is 0.616 bits per heavy atom. The van der Waals surface area contributed by atoms with E-state index in [4.69, 9.17) is 0 Å². The molecule has 0 N–H and O–H groups in total. The number of carbonyl (C=O) groups excluding carboxylic acids is 1. The quantitative estimate of drug-likeness (QED) is 0.147. The Balaban J connectivity index is 0.971. The van der Waals surface area contributed by atoms with Crippen molar-refractivity contribution in [3.05, 3.63) is 265 Å². The van der Waals surface area contributed by atoms with Gasteiger partial charge in [0.2, 0.25) is 0 Å². The molecule has 15 rings (SSSR count). The van der Waals surface area contributed by atoms with Gasteiger partial charge in [-0.25, -0.2) is 0 Å². The lowest BCUT2D eigenvalue weighted by molar-refractivity contribution is 0.103. The monoisotopic (exact) mass is 932 g/mol. The van der Waals surface area contributed by atoms with Gasteiger partial charge in [-0.15, -0.1) is 0 Å². The second-order valence-electron chi connectivity index (χ2n) is 19.3. The van der Waals surface area contributed by atoms with Gasteiger partial charge in [-0.3, -0.25) is 4.79 Å². The number of aryl methyl sites for hydroxylation is 1. The first-order chi connectivity index (χ1) is 36.1. The van der Waals surface area contributed by atoms with E-state index in [1.807, 2.05) is 42.5 Å². The van der Waals surface area contributed by atoms with Crippen LogP contribution in [0.2, 0.25) is 0 Å². The van der Waals surface area contributed by atoms with Gasteiger partial charge in [-0.05, 0) is 121 Å². The summed E-state index contributed by atoms with van der Waals surface area (Å²) in [6.07, 6.45) is 0. The van der Waals surface area contributed by atoms with E-state index in [0.29, 0.717) is 11.1 Å². The first-order valence-electron chi connectivity index (χ1n) is 25.0. The van der Waals surface area contributed by atoms with Crippen molar-refractivity contribution in [3.63, 3.8) is 0 Å². The summed E-state index contributed by atoms with van der Waals surface area (Å²) in [5.74, 6) is 0.0146. The van der Waals surface area contributed by atoms with Crippen molar-refractivity contribution in [1.82, 2.24) is 18.3 Å². The maximum atomic E-state index is 13.8. The normalized spacial score (nSPS) is 12.0. The smallest absolute Gasteiger partial charge is 0.193 e. The molecule has 0 aliphatic heterocycles. The summed E-state index contributed by atoms with van der Waals surface area (Å²) in [5, 5.41) is 9.68. The van der Waals surface area contributed by atoms with Crippen LogP contribution in [0.4, 0.5) is 0 Å². The number of fused-ring (bicyclic) bond motifs is 12. The third-order valence-electron chi connectivity index (χ3n) is 15.2. The molecule has 0 spiro atoms. The molecule has 0 radical (unpaired) electrons. The van der Waals surface area contributed by atoms with Crippen molar-refractivity contribution in [2.75, 3.05) is 0 Å². The predicted molar refractivity (Wildman–Crippen MR) is 304 cm³/mol. The number of ketones is 1. The third kappa shape index (κ3) is 6.19. The van der Waals surface area contributed by atoms with Gasteiger partial charge < -0.3 is 18.3 Å². The highest BCUT2D eigenvalue weighted by molar-refractivity contribution is 6.15. The molecule has 0 saturated heterocycles. The molecule has 0 bridgehead atoms. The van der Waals surface area contributed by atoms with Crippen LogP contribution in [0.15, 0.2) is 249 Å². The van der Waals surface area contributed by atoms with E-state index < -0.39 is 0 Å². The lowest BCUT2D eigenvalue weighted by atomic mass is 9.94. The fraction of sp³-hybridized carbons (Fsp3) is 0.0147. The molecule has 4 heterocycles. The van der Waals surface area contributed by atoms with Crippen LogP contribution in [-0.4, -0.2) is 24.1 Å². The van der Waals surface area contributed by atoms with Gasteiger partial charge >= 0.3 is 0 Å². The number of carbonyl (C=O) groups is 1. The summed E-state index contributed by atoms with van der Waals surface area (Å²) in [4.78, 5) is 13.8. The number of rotatable bonds is 7. The van der Waals surface area contributed by atoms with Crippen LogP contribution in [0.25, 0.3) is 121 Å². The lowest BCUT2D eigenvalue weighted by Crippen LogP contribution is -2.03. The predicted octanol–water partition coefficient (Wildman–Crippen LogP) is 17.3. The lowest BCUT2D eigenvalue weighted by Gasteiger charge is -2.17. The molecule has 0 amide bonds. The molecule has 5 heteroatoms. The SMILES string of the molecule is Cc1cc(C(=O)c2ccccc2)ccc1-c1cc(-n2c3ccccc3c3cc(-n4c5ccccc5c5ccccc54)ccc32)cc(-n2c3ccccc3c3cc(-n4c5ccccc5c5ccccc54)ccc32)c1. The van der Waals surface area contributed by atoms with Gasteiger partial charge in [0, 0.05) is 77.0 Å². The number of benzene rings is 11. The van der Waals surface area contributed by atoms with Crippen LogP contribution in [0.3, 0.4) is 0 Å². The molecular formula is C68H44N4O. The molecule has 5 nitrogen and oxygen atoms in total. The molecule has 0 aliphatic carbocycles. The highest BCUT2D eigenvalue weighted by atomic mass is 16.1. The number of hydrogen-bond acceptors (Lipinski definition) is 1. The molecule has 0 aliphatic rings. The van der Waals surface area contributed by atoms with Gasteiger partial charge in [0.1, 0.15) is 0 Å². The van der Waals surface area contributed by atoms with E-state index in [0.717, 1.165) is 61.5 Å². The zero-order chi connectivity index (χ0) is 48.3. The van der Waals surface area contributed by atoms with Crippen molar-refractivity contribution in [2.45, 2.75) is 6.92 Å². The van der Waals surface area contributed by atoms with Crippen LogP contribution < -0.4 is 0 Å². The van der Waals surface area contributed by atoms with Crippen LogP contribution in [0.5, 0.6) is 0 Å². The average Bonchev–Trinajstić information content (AvgIpc) is 4.18. The molecule has 0 unspecified atom stereocenters. The van der Waals surface area contributed by atoms with Crippen LogP contribution in [-0.2, 0) is 0 Å². The van der Waals surface area contributed by atoms with E-state index in [2.05, 4.69) is 231 Å². The zero-order valence-corrected chi connectivity index (χ0v) is 39.9. The molecule has 11 aromatic carbocycles. The molecule has 0 atom stereocenters. The highest BCUT2D eigenvalue weighted by Gasteiger charge is 2.22. The molecule has 15 aromatic rings. The molecular weight excluding hydrogens is 889 g/mol. The molecule has 73 heavy (non-hydrogen) atoms. The first kappa shape index (κ1) is 41.1. The van der Waals surface area contributed by atoms with Crippen LogP contribution in [0.1, 0.15) is 21.5 Å². The second-order valence-corrected chi connectivity index (χ2v) is 19.3. The van der Waals surface area contributed by atoms with Crippen molar-refractivity contribution in [2.24, 2.45) is 0 Å². The van der Waals surface area contributed by atoms with Crippen LogP contribution in [0, 0.1) is 6.92 Å². The van der Waals surface area contributed by atoms with E-state index in [9.17, 15) is 4.79 Å². The summed E-state index contributed by atoms with van der Waals surface area (Å²) >= 11 is 0. The summed E-state index contributed by atoms with van der Waals surface area (Å²) in [7, 11) is 0. The number of hydrogen-bond donors (Lipinski definition) is 0. The minimum absolute atomic E-state index is 0.0146. The molecule has 0 saturated carbocycles. The van der Waals surface area contributed by atoms with Gasteiger partial charge in [0.05, 0.1) is 44.1 Å². The third-order valence-corrected chi connectivity index (χ3v) is 15.2. The Labute approximate surface area is 420 Å². The Kier molecular flexibility index (Phi) is 8.96. The Bertz CT molecular complexity index is 4420. The van der Waals surface area contributed by atoms with E-state index in [1.54, 1.807) is 0 Å².